The quantitative estimate of drug-likeness (QED) is 0.125. The van der Waals surface area contributed by atoms with Crippen LogP contribution in [0.25, 0.3) is 54.6 Å². The maximum absolute atomic E-state index is 2.67. The summed E-state index contributed by atoms with van der Waals surface area (Å²) in [5.41, 5.74) is 26.8. The lowest BCUT2D eigenvalue weighted by Crippen LogP contribution is -2.56. The largest absolute Gasteiger partial charge is 0.244 e. The van der Waals surface area contributed by atoms with Gasteiger partial charge in [0.15, 0.2) is 0 Å². The van der Waals surface area contributed by atoms with Crippen LogP contribution >= 0.6 is 0 Å². The molecule has 262 valence electrons. The Balaban J connectivity index is 1.40. The third-order valence-electron chi connectivity index (χ3n) is 13.1. The first-order chi connectivity index (χ1) is 25.7. The molecule has 0 saturated heterocycles. The first-order valence-electron chi connectivity index (χ1n) is 19.9. The van der Waals surface area contributed by atoms with Crippen molar-refractivity contribution in [1.82, 2.24) is 0 Å². The fourth-order valence-electron chi connectivity index (χ4n) is 11.1. The second-order valence-corrected chi connectivity index (χ2v) is 18.2. The van der Waals surface area contributed by atoms with Gasteiger partial charge in [0.05, 0.1) is 0 Å². The molecule has 0 bridgehead atoms. The van der Waals surface area contributed by atoms with Crippen molar-refractivity contribution in [2.24, 2.45) is 0 Å². The lowest BCUT2D eigenvalue weighted by Gasteiger charge is -2.26. The van der Waals surface area contributed by atoms with Crippen LogP contribution in [0.4, 0.5) is 0 Å². The van der Waals surface area contributed by atoms with Crippen LogP contribution in [0.15, 0.2) is 91.0 Å². The molecule has 0 amide bonds. The van der Waals surface area contributed by atoms with Gasteiger partial charge in [-0.15, -0.1) is 0 Å². The summed E-state index contributed by atoms with van der Waals surface area (Å²) in [4.78, 5) is 0. The Bertz CT molecular complexity index is 2650. The molecule has 0 radical (unpaired) electrons. The molecule has 8 aromatic carbocycles. The average Bonchev–Trinajstić information content (AvgIpc) is 3.60. The van der Waals surface area contributed by atoms with Crippen molar-refractivity contribution in [3.05, 3.63) is 141 Å². The molecule has 2 aliphatic heterocycles. The molecule has 0 N–H and O–H groups in total. The van der Waals surface area contributed by atoms with E-state index in [1.807, 2.05) is 0 Å². The predicted octanol–water partition coefficient (Wildman–Crippen LogP) is 9.34. The Morgan fingerprint density at radius 2 is 0.704 bits per heavy atom. The van der Waals surface area contributed by atoms with E-state index < -0.39 is 0 Å². The number of aryl methyl sites for hydroxylation is 8. The number of hydrogen-bond donors (Lipinski definition) is 0. The highest BCUT2D eigenvalue weighted by Crippen LogP contribution is 2.39. The van der Waals surface area contributed by atoms with Crippen molar-refractivity contribution in [2.45, 2.75) is 81.6 Å². The molecule has 0 fully saturated rings. The summed E-state index contributed by atoms with van der Waals surface area (Å²) in [6.07, 6.45) is 0. The van der Waals surface area contributed by atoms with Gasteiger partial charge >= 0.3 is 0 Å². The monoisotopic (exact) mass is 694 g/mol. The first-order valence-corrected chi connectivity index (χ1v) is 19.9. The maximum Gasteiger partial charge on any atom is 0.244 e. The van der Waals surface area contributed by atoms with E-state index in [0.717, 1.165) is 0 Å². The summed E-state index contributed by atoms with van der Waals surface area (Å²) in [6, 6.07) is 36.8. The summed E-state index contributed by atoms with van der Waals surface area (Å²) in [6.45, 7) is 25.7. The van der Waals surface area contributed by atoms with Crippen LogP contribution < -0.4 is 32.8 Å². The fraction of sp³-hybridized carbons (Fsp3) is 0.231. The number of fused-ring (bicyclic) bond motifs is 6. The zero-order chi connectivity index (χ0) is 37.7. The Morgan fingerprint density at radius 3 is 1.02 bits per heavy atom. The van der Waals surface area contributed by atoms with Crippen molar-refractivity contribution >= 4 is 78.5 Å². The molecular formula is C52H48B2. The summed E-state index contributed by atoms with van der Waals surface area (Å²) in [5, 5.41) is 8.29. The fourth-order valence-corrected chi connectivity index (χ4v) is 11.1. The van der Waals surface area contributed by atoms with Gasteiger partial charge in [-0.05, 0) is 121 Å². The second-order valence-electron chi connectivity index (χ2n) is 18.2. The normalized spacial score (nSPS) is 13.4. The highest BCUT2D eigenvalue weighted by atomic mass is 14.3. The molecule has 2 aliphatic rings. The third kappa shape index (κ3) is 4.59. The predicted molar refractivity (Wildman–Crippen MR) is 240 cm³/mol. The highest BCUT2D eigenvalue weighted by Gasteiger charge is 2.41. The molecule has 54 heavy (non-hydrogen) atoms. The van der Waals surface area contributed by atoms with E-state index >= 15 is 0 Å². The number of benzene rings is 8. The average molecular weight is 695 g/mol. The van der Waals surface area contributed by atoms with Gasteiger partial charge in [-0.2, -0.15) is 0 Å². The standard InChI is InChI=1S/C52H48B2/c1-27-16-31(5)48-40(20-27)41-21-28(2)17-32(6)49(41)53(48)44-26-45(54-50-33(7)18-29(3)22-42(50)43-23-30(4)19-34(8)51(43)54)39-15-13-36-25-37(52(9,10)11)24-35-12-14-38(44)47(39)46(35)36/h12-26H,1-11H3. The lowest BCUT2D eigenvalue weighted by molar-refractivity contribution is 0.591. The van der Waals surface area contributed by atoms with Crippen molar-refractivity contribution in [3.63, 3.8) is 0 Å². The molecule has 8 aromatic rings. The van der Waals surface area contributed by atoms with Crippen molar-refractivity contribution < 1.29 is 0 Å². The summed E-state index contributed by atoms with van der Waals surface area (Å²) in [7, 11) is 0. The van der Waals surface area contributed by atoms with Gasteiger partial charge in [0, 0.05) is 0 Å². The van der Waals surface area contributed by atoms with E-state index in [9.17, 15) is 0 Å². The second kappa shape index (κ2) is 11.2. The van der Waals surface area contributed by atoms with Crippen LogP contribution in [0.2, 0.25) is 0 Å². The van der Waals surface area contributed by atoms with Gasteiger partial charge in [-0.1, -0.05) is 189 Å². The van der Waals surface area contributed by atoms with Crippen LogP contribution in [-0.2, 0) is 5.41 Å². The zero-order valence-electron chi connectivity index (χ0n) is 33.8. The van der Waals surface area contributed by atoms with Gasteiger partial charge in [-0.25, -0.2) is 0 Å². The Kier molecular flexibility index (Phi) is 6.97. The Labute approximate surface area is 322 Å². The van der Waals surface area contributed by atoms with E-state index in [4.69, 9.17) is 0 Å². The zero-order valence-corrected chi connectivity index (χ0v) is 33.8. The van der Waals surface area contributed by atoms with Gasteiger partial charge in [0.1, 0.15) is 0 Å². The van der Waals surface area contributed by atoms with Crippen molar-refractivity contribution in [2.75, 3.05) is 0 Å². The Hall–Kier alpha value is -5.07. The van der Waals surface area contributed by atoms with Crippen LogP contribution in [0.3, 0.4) is 0 Å². The summed E-state index contributed by atoms with van der Waals surface area (Å²) >= 11 is 0. The van der Waals surface area contributed by atoms with Gasteiger partial charge in [0.25, 0.3) is 0 Å². The first kappa shape index (κ1) is 33.5. The molecule has 0 aromatic heterocycles. The van der Waals surface area contributed by atoms with E-state index in [2.05, 4.69) is 167 Å². The maximum atomic E-state index is 2.67. The van der Waals surface area contributed by atoms with E-state index in [-0.39, 0.29) is 18.8 Å². The van der Waals surface area contributed by atoms with Crippen LogP contribution in [0, 0.1) is 55.4 Å². The van der Waals surface area contributed by atoms with Gasteiger partial charge < -0.3 is 0 Å². The van der Waals surface area contributed by atoms with Gasteiger partial charge in [-0.3, -0.25) is 0 Å². The van der Waals surface area contributed by atoms with Crippen molar-refractivity contribution in [1.29, 1.82) is 0 Å². The number of hydrogen-bond acceptors (Lipinski definition) is 0. The van der Waals surface area contributed by atoms with E-state index in [1.54, 1.807) is 0 Å². The van der Waals surface area contributed by atoms with Crippen LogP contribution in [-0.4, -0.2) is 13.4 Å². The SMILES string of the molecule is Cc1cc(C)c2c(c1)-c1cc(C)cc(C)c1B2c1cc(B2c3c(C)cc(C)cc3-c3cc(C)cc(C)c32)c2ccc3cc(C(C)(C)C)cc4ccc1c2c43. The summed E-state index contributed by atoms with van der Waals surface area (Å²) < 4.78 is 0. The molecule has 2 heterocycles. The van der Waals surface area contributed by atoms with Crippen molar-refractivity contribution in [3.8, 4) is 22.3 Å². The molecule has 0 saturated carbocycles. The summed E-state index contributed by atoms with van der Waals surface area (Å²) in [5.74, 6) is 0. The molecular weight excluding hydrogens is 646 g/mol. The van der Waals surface area contributed by atoms with Gasteiger partial charge in [0.2, 0.25) is 13.4 Å². The lowest BCUT2D eigenvalue weighted by atomic mass is 9.33. The highest BCUT2D eigenvalue weighted by molar-refractivity contribution is 7.03. The van der Waals surface area contributed by atoms with E-state index in [1.165, 1.54) is 137 Å². The molecule has 0 unspecified atom stereocenters. The van der Waals surface area contributed by atoms with E-state index in [0.29, 0.717) is 0 Å². The third-order valence-corrected chi connectivity index (χ3v) is 13.1. The molecule has 0 atom stereocenters. The van der Waals surface area contributed by atoms with Crippen LogP contribution in [0.5, 0.6) is 0 Å². The minimum atomic E-state index is 0.0614. The minimum Gasteiger partial charge on any atom is -0.0705 e. The smallest absolute Gasteiger partial charge is 0.0705 e. The Morgan fingerprint density at radius 1 is 0.370 bits per heavy atom. The molecule has 10 rings (SSSR count). The van der Waals surface area contributed by atoms with Crippen LogP contribution in [0.1, 0.15) is 70.8 Å². The molecule has 0 aliphatic carbocycles. The number of rotatable bonds is 2. The molecule has 0 spiro atoms. The molecule has 2 heteroatoms. The molecule has 0 nitrogen and oxygen atoms in total. The minimum absolute atomic E-state index is 0.0614. The topological polar surface area (TPSA) is 0 Å².